The van der Waals surface area contributed by atoms with Gasteiger partial charge in [0.1, 0.15) is 11.6 Å². The van der Waals surface area contributed by atoms with Crippen LogP contribution >= 0.6 is 11.6 Å². The van der Waals surface area contributed by atoms with Crippen LogP contribution in [-0.4, -0.2) is 17.5 Å². The summed E-state index contributed by atoms with van der Waals surface area (Å²) >= 11 is 6.28. The molecule has 0 saturated carbocycles. The first kappa shape index (κ1) is 18.9. The van der Waals surface area contributed by atoms with Crippen LogP contribution in [0.25, 0.3) is 0 Å². The van der Waals surface area contributed by atoms with E-state index in [4.69, 9.17) is 16.3 Å². The monoisotopic (exact) mass is 380 g/mol. The van der Waals surface area contributed by atoms with Crippen molar-refractivity contribution in [1.29, 1.82) is 0 Å². The van der Waals surface area contributed by atoms with E-state index in [0.29, 0.717) is 23.1 Å². The minimum absolute atomic E-state index is 0.0798. The van der Waals surface area contributed by atoms with Gasteiger partial charge in [0.25, 0.3) is 5.91 Å². The second kappa shape index (κ2) is 8.69. The van der Waals surface area contributed by atoms with Crippen molar-refractivity contribution in [3.8, 4) is 5.75 Å². The summed E-state index contributed by atoms with van der Waals surface area (Å²) < 4.78 is 5.72. The number of aryl methyl sites for hydroxylation is 2. The summed E-state index contributed by atoms with van der Waals surface area (Å²) in [4.78, 5) is 18.8. The number of nitrogens with zero attached hydrogens (tertiary/aromatic N) is 2. The maximum Gasteiger partial charge on any atom is 0.266 e. The minimum atomic E-state index is -0.188. The van der Waals surface area contributed by atoms with Crippen molar-refractivity contribution in [1.82, 2.24) is 4.98 Å². The van der Waals surface area contributed by atoms with E-state index in [1.165, 1.54) is 5.56 Å². The van der Waals surface area contributed by atoms with E-state index < -0.39 is 0 Å². The molecule has 0 fully saturated rings. The van der Waals surface area contributed by atoms with E-state index in [1.807, 2.05) is 68.4 Å². The molecule has 1 heterocycles. The molecule has 2 aromatic carbocycles. The van der Waals surface area contributed by atoms with E-state index in [2.05, 4.69) is 4.98 Å². The van der Waals surface area contributed by atoms with Crippen LogP contribution in [0.2, 0.25) is 5.02 Å². The molecule has 3 aromatic rings. The summed E-state index contributed by atoms with van der Waals surface area (Å²) in [5.74, 6) is 1.04. The smallest absolute Gasteiger partial charge is 0.266 e. The number of carbonyl (C=O) groups excluding carboxylic acids is 1. The van der Waals surface area contributed by atoms with Crippen LogP contribution in [0, 0.1) is 13.8 Å². The predicted molar refractivity (Wildman–Crippen MR) is 108 cm³/mol. The summed E-state index contributed by atoms with van der Waals surface area (Å²) in [6.45, 7) is 4.30. The van der Waals surface area contributed by atoms with Gasteiger partial charge in [0, 0.05) is 11.2 Å². The average Bonchev–Trinajstić information content (AvgIpc) is 2.68. The van der Waals surface area contributed by atoms with E-state index in [-0.39, 0.29) is 12.5 Å². The predicted octanol–water partition coefficient (Wildman–Crippen LogP) is 4.96. The number of hydrogen-bond acceptors (Lipinski definition) is 3. The van der Waals surface area contributed by atoms with Crippen LogP contribution < -0.4 is 9.64 Å². The molecule has 0 atom stereocenters. The zero-order valence-electron chi connectivity index (χ0n) is 15.4. The highest BCUT2D eigenvalue weighted by atomic mass is 35.5. The number of carbonyl (C=O) groups is 1. The second-order valence-electron chi connectivity index (χ2n) is 6.29. The highest BCUT2D eigenvalue weighted by Gasteiger charge is 2.19. The molecule has 1 aromatic heterocycles. The van der Waals surface area contributed by atoms with Crippen molar-refractivity contribution in [2.45, 2.75) is 20.4 Å². The van der Waals surface area contributed by atoms with E-state index in [1.54, 1.807) is 17.2 Å². The number of benzene rings is 2. The van der Waals surface area contributed by atoms with Crippen molar-refractivity contribution >= 4 is 23.3 Å². The molecule has 138 valence electrons. The maximum atomic E-state index is 12.9. The maximum absolute atomic E-state index is 12.9. The van der Waals surface area contributed by atoms with Crippen LogP contribution in [-0.2, 0) is 11.3 Å². The Kier molecular flexibility index (Phi) is 6.09. The van der Waals surface area contributed by atoms with Gasteiger partial charge >= 0.3 is 0 Å². The molecule has 0 bridgehead atoms. The fourth-order valence-corrected chi connectivity index (χ4v) is 2.83. The fraction of sp³-hybridized carbons (Fsp3) is 0.182. The van der Waals surface area contributed by atoms with Gasteiger partial charge in [-0.1, -0.05) is 41.9 Å². The number of amides is 1. The van der Waals surface area contributed by atoms with Crippen LogP contribution in [0.15, 0.2) is 66.9 Å². The standard InChI is InChI=1S/C22H21ClN2O2/c1-16-10-11-19(13-17(16)2)27-15-22(26)25(21-9-5-6-12-24-21)14-18-7-3-4-8-20(18)23/h3-13H,14-15H2,1-2H3. The lowest BCUT2D eigenvalue weighted by atomic mass is 10.1. The molecule has 3 rings (SSSR count). The van der Waals surface area contributed by atoms with Gasteiger partial charge in [0.2, 0.25) is 0 Å². The van der Waals surface area contributed by atoms with Crippen molar-refractivity contribution in [3.63, 3.8) is 0 Å². The van der Waals surface area contributed by atoms with Gasteiger partial charge in [0.15, 0.2) is 6.61 Å². The fourth-order valence-electron chi connectivity index (χ4n) is 2.63. The van der Waals surface area contributed by atoms with E-state index in [9.17, 15) is 4.79 Å². The van der Waals surface area contributed by atoms with Gasteiger partial charge in [0.05, 0.1) is 6.54 Å². The molecule has 0 N–H and O–H groups in total. The first-order valence-electron chi connectivity index (χ1n) is 8.69. The molecular formula is C22H21ClN2O2. The number of aromatic nitrogens is 1. The SMILES string of the molecule is Cc1ccc(OCC(=O)N(Cc2ccccc2Cl)c2ccccn2)cc1C. The second-order valence-corrected chi connectivity index (χ2v) is 6.70. The number of hydrogen-bond donors (Lipinski definition) is 0. The normalized spacial score (nSPS) is 10.5. The molecule has 0 spiro atoms. The van der Waals surface area contributed by atoms with Gasteiger partial charge in [-0.05, 0) is 60.9 Å². The lowest BCUT2D eigenvalue weighted by molar-refractivity contribution is -0.120. The Morgan fingerprint density at radius 3 is 2.52 bits per heavy atom. The Labute approximate surface area is 164 Å². The van der Waals surface area contributed by atoms with Crippen molar-refractivity contribution < 1.29 is 9.53 Å². The number of anilines is 1. The molecule has 0 saturated heterocycles. The summed E-state index contributed by atoms with van der Waals surface area (Å²) in [5.41, 5.74) is 3.16. The van der Waals surface area contributed by atoms with Gasteiger partial charge in [-0.3, -0.25) is 9.69 Å². The lowest BCUT2D eigenvalue weighted by Crippen LogP contribution is -2.35. The molecule has 5 heteroatoms. The topological polar surface area (TPSA) is 42.4 Å². The summed E-state index contributed by atoms with van der Waals surface area (Å²) in [7, 11) is 0. The lowest BCUT2D eigenvalue weighted by Gasteiger charge is -2.22. The van der Waals surface area contributed by atoms with Gasteiger partial charge < -0.3 is 4.74 Å². The Morgan fingerprint density at radius 2 is 1.81 bits per heavy atom. The Balaban J connectivity index is 1.78. The quantitative estimate of drug-likeness (QED) is 0.606. The van der Waals surface area contributed by atoms with Crippen LogP contribution in [0.3, 0.4) is 0 Å². The largest absolute Gasteiger partial charge is 0.484 e. The first-order valence-corrected chi connectivity index (χ1v) is 9.07. The molecule has 0 aliphatic rings. The molecule has 0 radical (unpaired) electrons. The number of pyridine rings is 1. The van der Waals surface area contributed by atoms with Crippen molar-refractivity contribution in [2.24, 2.45) is 0 Å². The third-order valence-electron chi connectivity index (χ3n) is 4.35. The Hall–Kier alpha value is -2.85. The summed E-state index contributed by atoms with van der Waals surface area (Å²) in [6, 6.07) is 18.7. The Bertz CT molecular complexity index is 929. The van der Waals surface area contributed by atoms with E-state index in [0.717, 1.165) is 11.1 Å². The highest BCUT2D eigenvalue weighted by molar-refractivity contribution is 6.31. The van der Waals surface area contributed by atoms with Gasteiger partial charge in [-0.15, -0.1) is 0 Å². The number of halogens is 1. The first-order chi connectivity index (χ1) is 13.0. The Morgan fingerprint density at radius 1 is 1.04 bits per heavy atom. The van der Waals surface area contributed by atoms with Crippen LogP contribution in [0.5, 0.6) is 5.75 Å². The molecule has 1 amide bonds. The molecule has 0 aliphatic carbocycles. The van der Waals surface area contributed by atoms with Crippen LogP contribution in [0.4, 0.5) is 5.82 Å². The van der Waals surface area contributed by atoms with Crippen LogP contribution in [0.1, 0.15) is 16.7 Å². The highest BCUT2D eigenvalue weighted by Crippen LogP contribution is 2.21. The zero-order chi connectivity index (χ0) is 19.2. The summed E-state index contributed by atoms with van der Waals surface area (Å²) in [5, 5.41) is 0.612. The summed E-state index contributed by atoms with van der Waals surface area (Å²) in [6.07, 6.45) is 1.66. The number of ether oxygens (including phenoxy) is 1. The molecule has 0 aliphatic heterocycles. The average molecular weight is 381 g/mol. The molecule has 4 nitrogen and oxygen atoms in total. The molecule has 27 heavy (non-hydrogen) atoms. The molecular weight excluding hydrogens is 360 g/mol. The van der Waals surface area contributed by atoms with E-state index >= 15 is 0 Å². The third kappa shape index (κ3) is 4.86. The van der Waals surface area contributed by atoms with Crippen molar-refractivity contribution in [3.05, 3.63) is 88.6 Å². The minimum Gasteiger partial charge on any atom is -0.484 e. The third-order valence-corrected chi connectivity index (χ3v) is 4.72. The van der Waals surface area contributed by atoms with Crippen molar-refractivity contribution in [2.75, 3.05) is 11.5 Å². The van der Waals surface area contributed by atoms with Gasteiger partial charge in [-0.25, -0.2) is 4.98 Å². The number of rotatable bonds is 6. The molecule has 0 unspecified atom stereocenters. The van der Waals surface area contributed by atoms with Gasteiger partial charge in [-0.2, -0.15) is 0 Å². The zero-order valence-corrected chi connectivity index (χ0v) is 16.1.